The van der Waals surface area contributed by atoms with Gasteiger partial charge < -0.3 is 0 Å². The smallest absolute Gasteiger partial charge is 0.199 e. The normalized spacial score (nSPS) is 11.9. The third kappa shape index (κ3) is 3.51. The van der Waals surface area contributed by atoms with Gasteiger partial charge in [0.1, 0.15) is 0 Å². The van der Waals surface area contributed by atoms with E-state index in [0.29, 0.717) is 0 Å². The van der Waals surface area contributed by atoms with Crippen LogP contribution in [0, 0.1) is 13.8 Å². The molecule has 0 aliphatic carbocycles. The molecule has 0 saturated carbocycles. The number of aryl methyl sites for hydroxylation is 2. The van der Waals surface area contributed by atoms with Gasteiger partial charge in [-0.05, 0) is 31.5 Å². The molecule has 19 heavy (non-hydrogen) atoms. The molecule has 2 rings (SSSR count). The van der Waals surface area contributed by atoms with Crippen molar-refractivity contribution in [1.29, 1.82) is 0 Å². The molecule has 0 aliphatic heterocycles. The van der Waals surface area contributed by atoms with Crippen molar-refractivity contribution in [3.63, 3.8) is 0 Å². The van der Waals surface area contributed by atoms with Gasteiger partial charge in [0, 0.05) is 6.21 Å². The summed E-state index contributed by atoms with van der Waals surface area (Å²) in [7, 11) is -3.62. The maximum atomic E-state index is 12.0. The first kappa shape index (κ1) is 13.5. The second-order valence-corrected chi connectivity index (χ2v) is 6.07. The van der Waals surface area contributed by atoms with E-state index in [1.807, 2.05) is 38.1 Å². The maximum Gasteiger partial charge on any atom is 0.282 e. The molecule has 0 heterocycles. The van der Waals surface area contributed by atoms with Crippen LogP contribution in [-0.4, -0.2) is 14.6 Å². The molecular formula is C15H15NO2S. The van der Waals surface area contributed by atoms with Crippen LogP contribution in [0.2, 0.25) is 0 Å². The Kier molecular flexibility index (Phi) is 3.81. The van der Waals surface area contributed by atoms with Gasteiger partial charge in [-0.15, -0.1) is 0 Å². The quantitative estimate of drug-likeness (QED) is 0.807. The zero-order chi connectivity index (χ0) is 13.9. The third-order valence-electron chi connectivity index (χ3n) is 2.70. The fourth-order valence-electron chi connectivity index (χ4n) is 1.65. The summed E-state index contributed by atoms with van der Waals surface area (Å²) in [4.78, 5) is 0.210. The van der Waals surface area contributed by atoms with Gasteiger partial charge in [-0.3, -0.25) is 0 Å². The van der Waals surface area contributed by atoms with E-state index in [1.165, 1.54) is 6.21 Å². The molecule has 0 aliphatic rings. The van der Waals surface area contributed by atoms with Gasteiger partial charge in [0.25, 0.3) is 10.0 Å². The predicted molar refractivity (Wildman–Crippen MR) is 77.1 cm³/mol. The lowest BCUT2D eigenvalue weighted by molar-refractivity contribution is 0.598. The van der Waals surface area contributed by atoms with Crippen LogP contribution in [0.1, 0.15) is 16.7 Å². The average molecular weight is 273 g/mol. The molecule has 0 bridgehead atoms. The Morgan fingerprint density at radius 1 is 0.947 bits per heavy atom. The summed E-state index contributed by atoms with van der Waals surface area (Å²) in [6.07, 6.45) is 1.38. The first-order valence-electron chi connectivity index (χ1n) is 5.91. The number of sulfonamides is 1. The highest BCUT2D eigenvalue weighted by molar-refractivity contribution is 7.90. The predicted octanol–water partition coefficient (Wildman–Crippen LogP) is 3.11. The van der Waals surface area contributed by atoms with Crippen LogP contribution >= 0.6 is 0 Å². The van der Waals surface area contributed by atoms with E-state index in [-0.39, 0.29) is 4.90 Å². The standard InChI is InChI=1S/C15H15NO2S/c1-12-6-8-15(9-7-12)19(17,18)16-11-14-5-3-4-13(2)10-14/h3-11H,1-2H3/b16-11-. The summed E-state index contributed by atoms with van der Waals surface area (Å²) in [5.74, 6) is 0. The molecule has 0 N–H and O–H groups in total. The lowest BCUT2D eigenvalue weighted by Gasteiger charge is -1.99. The molecule has 0 atom stereocenters. The Hall–Kier alpha value is -1.94. The summed E-state index contributed by atoms with van der Waals surface area (Å²) < 4.78 is 27.7. The number of hydrogen-bond donors (Lipinski definition) is 0. The largest absolute Gasteiger partial charge is 0.282 e. The minimum Gasteiger partial charge on any atom is -0.199 e. The van der Waals surface area contributed by atoms with Crippen LogP contribution in [0.5, 0.6) is 0 Å². The third-order valence-corrected chi connectivity index (χ3v) is 3.95. The van der Waals surface area contributed by atoms with Crippen molar-refractivity contribution in [2.75, 3.05) is 0 Å². The molecule has 4 heteroatoms. The number of rotatable bonds is 3. The summed E-state index contributed by atoms with van der Waals surface area (Å²) >= 11 is 0. The number of nitrogens with zero attached hydrogens (tertiary/aromatic N) is 1. The monoisotopic (exact) mass is 273 g/mol. The van der Waals surface area contributed by atoms with Crippen molar-refractivity contribution >= 4 is 16.2 Å². The van der Waals surface area contributed by atoms with Crippen molar-refractivity contribution < 1.29 is 8.42 Å². The van der Waals surface area contributed by atoms with Crippen LogP contribution in [0.3, 0.4) is 0 Å². The van der Waals surface area contributed by atoms with E-state index < -0.39 is 10.0 Å². The molecule has 0 amide bonds. The van der Waals surface area contributed by atoms with E-state index in [1.54, 1.807) is 24.3 Å². The van der Waals surface area contributed by atoms with Crippen LogP contribution in [-0.2, 0) is 10.0 Å². The Labute approximate surface area is 113 Å². The molecule has 0 fully saturated rings. The second kappa shape index (κ2) is 5.36. The van der Waals surface area contributed by atoms with Crippen molar-refractivity contribution in [2.45, 2.75) is 18.7 Å². The highest BCUT2D eigenvalue weighted by Gasteiger charge is 2.10. The minimum absolute atomic E-state index is 0.210. The Balaban J connectivity index is 2.29. The second-order valence-electron chi connectivity index (χ2n) is 4.44. The van der Waals surface area contributed by atoms with Gasteiger partial charge in [0.05, 0.1) is 4.90 Å². The lowest BCUT2D eigenvalue weighted by Crippen LogP contribution is -1.97. The van der Waals surface area contributed by atoms with Gasteiger partial charge in [-0.1, -0.05) is 47.5 Å². The van der Waals surface area contributed by atoms with Crippen molar-refractivity contribution in [3.8, 4) is 0 Å². The summed E-state index contributed by atoms with van der Waals surface area (Å²) in [6, 6.07) is 14.2. The Bertz CT molecular complexity index is 701. The van der Waals surface area contributed by atoms with Gasteiger partial charge in [0.2, 0.25) is 0 Å². The lowest BCUT2D eigenvalue weighted by atomic mass is 10.2. The van der Waals surface area contributed by atoms with Crippen LogP contribution in [0.4, 0.5) is 0 Å². The number of benzene rings is 2. The highest BCUT2D eigenvalue weighted by atomic mass is 32.2. The SMILES string of the molecule is Cc1ccc(S(=O)(=O)/N=C\c2cccc(C)c2)cc1. The first-order valence-corrected chi connectivity index (χ1v) is 7.35. The highest BCUT2D eigenvalue weighted by Crippen LogP contribution is 2.13. The van der Waals surface area contributed by atoms with Gasteiger partial charge in [-0.25, -0.2) is 0 Å². The molecule has 0 spiro atoms. The maximum absolute atomic E-state index is 12.0. The first-order chi connectivity index (χ1) is 8.97. The zero-order valence-electron chi connectivity index (χ0n) is 10.9. The fraction of sp³-hybridized carbons (Fsp3) is 0.133. The van der Waals surface area contributed by atoms with E-state index >= 15 is 0 Å². The molecule has 2 aromatic carbocycles. The molecular weight excluding hydrogens is 258 g/mol. The molecule has 2 aromatic rings. The number of hydrogen-bond acceptors (Lipinski definition) is 2. The summed E-state index contributed by atoms with van der Waals surface area (Å²) in [5, 5.41) is 0. The molecule has 3 nitrogen and oxygen atoms in total. The molecule has 0 aromatic heterocycles. The average Bonchev–Trinajstić information content (AvgIpc) is 2.37. The van der Waals surface area contributed by atoms with Gasteiger partial charge in [0.15, 0.2) is 0 Å². The molecule has 0 radical (unpaired) electrons. The van der Waals surface area contributed by atoms with E-state index in [4.69, 9.17) is 0 Å². The van der Waals surface area contributed by atoms with E-state index in [0.717, 1.165) is 16.7 Å². The van der Waals surface area contributed by atoms with Crippen LogP contribution in [0.15, 0.2) is 57.8 Å². The topological polar surface area (TPSA) is 46.5 Å². The van der Waals surface area contributed by atoms with Crippen LogP contribution in [0.25, 0.3) is 0 Å². The molecule has 98 valence electrons. The van der Waals surface area contributed by atoms with E-state index in [2.05, 4.69) is 4.40 Å². The van der Waals surface area contributed by atoms with Gasteiger partial charge in [-0.2, -0.15) is 12.8 Å². The Morgan fingerprint density at radius 3 is 2.26 bits per heavy atom. The Morgan fingerprint density at radius 2 is 1.63 bits per heavy atom. The van der Waals surface area contributed by atoms with Crippen LogP contribution < -0.4 is 0 Å². The molecule has 0 unspecified atom stereocenters. The molecule has 0 saturated heterocycles. The summed E-state index contributed by atoms with van der Waals surface area (Å²) in [5.41, 5.74) is 2.86. The summed E-state index contributed by atoms with van der Waals surface area (Å²) in [6.45, 7) is 3.86. The van der Waals surface area contributed by atoms with Gasteiger partial charge >= 0.3 is 0 Å². The zero-order valence-corrected chi connectivity index (χ0v) is 11.7. The van der Waals surface area contributed by atoms with E-state index in [9.17, 15) is 8.42 Å². The van der Waals surface area contributed by atoms with Crippen molar-refractivity contribution in [1.82, 2.24) is 0 Å². The van der Waals surface area contributed by atoms with Crippen molar-refractivity contribution in [2.24, 2.45) is 4.40 Å². The minimum atomic E-state index is -3.62. The van der Waals surface area contributed by atoms with Crippen molar-refractivity contribution in [3.05, 3.63) is 65.2 Å². The fourth-order valence-corrected chi connectivity index (χ4v) is 2.51.